The lowest BCUT2D eigenvalue weighted by Gasteiger charge is -2.09. The van der Waals surface area contributed by atoms with E-state index in [0.717, 1.165) is 13.0 Å². The number of alkyl halides is 3. The van der Waals surface area contributed by atoms with Crippen LogP contribution in [-0.4, -0.2) is 41.7 Å². The number of benzene rings is 2. The molecule has 32 heavy (non-hydrogen) atoms. The molecule has 0 fully saturated rings. The van der Waals surface area contributed by atoms with Crippen LogP contribution in [0.5, 0.6) is 11.5 Å². The van der Waals surface area contributed by atoms with Crippen molar-refractivity contribution in [1.82, 2.24) is 9.78 Å². The van der Waals surface area contributed by atoms with Crippen molar-refractivity contribution in [2.75, 3.05) is 14.2 Å². The number of methoxy groups -OCH3 is 2. The van der Waals surface area contributed by atoms with Gasteiger partial charge in [0.2, 0.25) is 0 Å². The van der Waals surface area contributed by atoms with Gasteiger partial charge in [0.1, 0.15) is 5.69 Å². The van der Waals surface area contributed by atoms with Gasteiger partial charge in [-0.05, 0) is 43.3 Å². The third-order valence-corrected chi connectivity index (χ3v) is 4.60. The third kappa shape index (κ3) is 4.72. The SMILES string of the molecule is COc1ccc(-c2nn(-c3ccccc3)cc2C=C(C(C)=O)C(=O)C(F)(F)F)cc1OC. The van der Waals surface area contributed by atoms with Gasteiger partial charge in [0, 0.05) is 17.3 Å². The summed E-state index contributed by atoms with van der Waals surface area (Å²) in [6.45, 7) is 0.910. The maximum atomic E-state index is 13.0. The number of aromatic nitrogens is 2. The zero-order chi connectivity index (χ0) is 23.5. The molecule has 0 aliphatic heterocycles. The number of nitrogens with zero attached hydrogens (tertiary/aromatic N) is 2. The van der Waals surface area contributed by atoms with E-state index in [-0.39, 0.29) is 11.3 Å². The first-order valence-electron chi connectivity index (χ1n) is 9.37. The van der Waals surface area contributed by atoms with Gasteiger partial charge in [0.25, 0.3) is 5.78 Å². The number of Topliss-reactive ketones (excluding diaryl/α,β-unsaturated/α-hetero) is 2. The van der Waals surface area contributed by atoms with E-state index in [4.69, 9.17) is 9.47 Å². The van der Waals surface area contributed by atoms with Crippen molar-refractivity contribution in [2.24, 2.45) is 0 Å². The van der Waals surface area contributed by atoms with Crippen LogP contribution in [0, 0.1) is 0 Å². The highest BCUT2D eigenvalue weighted by molar-refractivity contribution is 6.24. The number of allylic oxidation sites excluding steroid dienone is 1. The molecular weight excluding hydrogens is 425 g/mol. The molecular formula is C23H19F3N2O4. The summed E-state index contributed by atoms with van der Waals surface area (Å²) in [7, 11) is 2.92. The van der Waals surface area contributed by atoms with Crippen molar-refractivity contribution >= 4 is 17.6 Å². The summed E-state index contributed by atoms with van der Waals surface area (Å²) >= 11 is 0. The summed E-state index contributed by atoms with van der Waals surface area (Å²) in [4.78, 5) is 23.7. The van der Waals surface area contributed by atoms with Crippen LogP contribution in [0.3, 0.4) is 0 Å². The molecule has 3 aromatic rings. The molecule has 9 heteroatoms. The largest absolute Gasteiger partial charge is 0.493 e. The van der Waals surface area contributed by atoms with Crippen LogP contribution >= 0.6 is 0 Å². The molecule has 0 bridgehead atoms. The van der Waals surface area contributed by atoms with Gasteiger partial charge in [-0.25, -0.2) is 4.68 Å². The van der Waals surface area contributed by atoms with E-state index in [1.165, 1.54) is 25.1 Å². The van der Waals surface area contributed by atoms with Crippen molar-refractivity contribution in [1.29, 1.82) is 0 Å². The Kier molecular flexibility index (Phi) is 6.47. The summed E-state index contributed by atoms with van der Waals surface area (Å²) in [5, 5.41) is 4.49. The first-order chi connectivity index (χ1) is 15.2. The highest BCUT2D eigenvalue weighted by atomic mass is 19.4. The van der Waals surface area contributed by atoms with Crippen molar-refractivity contribution in [2.45, 2.75) is 13.1 Å². The van der Waals surface area contributed by atoms with Crippen molar-refractivity contribution < 1.29 is 32.2 Å². The number of halogens is 3. The molecule has 166 valence electrons. The van der Waals surface area contributed by atoms with E-state index in [1.807, 2.05) is 0 Å². The van der Waals surface area contributed by atoms with E-state index in [0.29, 0.717) is 22.7 Å². The van der Waals surface area contributed by atoms with Gasteiger partial charge < -0.3 is 9.47 Å². The topological polar surface area (TPSA) is 70.4 Å². The Balaban J connectivity index is 2.24. The van der Waals surface area contributed by atoms with E-state index in [2.05, 4.69) is 5.10 Å². The van der Waals surface area contributed by atoms with E-state index in [1.54, 1.807) is 48.5 Å². The van der Waals surface area contributed by atoms with Gasteiger partial charge >= 0.3 is 6.18 Å². The second-order valence-electron chi connectivity index (χ2n) is 6.72. The zero-order valence-corrected chi connectivity index (χ0v) is 17.4. The molecule has 3 rings (SSSR count). The Morgan fingerprint density at radius 1 is 1.00 bits per heavy atom. The van der Waals surface area contributed by atoms with Crippen LogP contribution in [0.1, 0.15) is 12.5 Å². The lowest BCUT2D eigenvalue weighted by atomic mass is 10.0. The number of carbonyl (C=O) groups excluding carboxylic acids is 2. The first-order valence-corrected chi connectivity index (χ1v) is 9.37. The molecule has 0 spiro atoms. The van der Waals surface area contributed by atoms with Crippen LogP contribution in [0.25, 0.3) is 23.0 Å². The summed E-state index contributed by atoms with van der Waals surface area (Å²) in [5.74, 6) is -2.38. The Hall–Kier alpha value is -3.88. The van der Waals surface area contributed by atoms with Gasteiger partial charge in [-0.15, -0.1) is 0 Å². The second kappa shape index (κ2) is 9.09. The minimum Gasteiger partial charge on any atom is -0.493 e. The molecule has 0 aliphatic carbocycles. The van der Waals surface area contributed by atoms with Crippen LogP contribution in [-0.2, 0) is 9.59 Å². The first kappa shape index (κ1) is 22.8. The summed E-state index contributed by atoms with van der Waals surface area (Å²) in [6.07, 6.45) is -2.82. The molecule has 0 radical (unpaired) electrons. The molecule has 0 N–H and O–H groups in total. The number of rotatable bonds is 7. The summed E-state index contributed by atoms with van der Waals surface area (Å²) in [5.41, 5.74) is 0.561. The maximum Gasteiger partial charge on any atom is 0.455 e. The maximum absolute atomic E-state index is 13.0. The summed E-state index contributed by atoms with van der Waals surface area (Å²) < 4.78 is 51.1. The van der Waals surface area contributed by atoms with Crippen molar-refractivity contribution in [3.63, 3.8) is 0 Å². The van der Waals surface area contributed by atoms with Gasteiger partial charge in [-0.2, -0.15) is 18.3 Å². The van der Waals surface area contributed by atoms with Crippen molar-refractivity contribution in [3.8, 4) is 28.4 Å². The molecule has 0 saturated carbocycles. The monoisotopic (exact) mass is 444 g/mol. The number of carbonyl (C=O) groups is 2. The molecule has 0 atom stereocenters. The minimum atomic E-state index is -5.18. The lowest BCUT2D eigenvalue weighted by Crippen LogP contribution is -2.27. The average Bonchev–Trinajstić information content (AvgIpc) is 3.20. The van der Waals surface area contributed by atoms with E-state index < -0.39 is 23.3 Å². The fourth-order valence-electron chi connectivity index (χ4n) is 3.05. The molecule has 0 saturated heterocycles. The van der Waals surface area contributed by atoms with E-state index >= 15 is 0 Å². The third-order valence-electron chi connectivity index (χ3n) is 4.60. The molecule has 1 heterocycles. The predicted octanol–water partition coefficient (Wildman–Crippen LogP) is 4.66. The van der Waals surface area contributed by atoms with E-state index in [9.17, 15) is 22.8 Å². The molecule has 1 aromatic heterocycles. The number of para-hydroxylation sites is 1. The smallest absolute Gasteiger partial charge is 0.455 e. The van der Waals surface area contributed by atoms with Gasteiger partial charge in [0.05, 0.1) is 25.5 Å². The molecule has 0 amide bonds. The van der Waals surface area contributed by atoms with Gasteiger partial charge in [0.15, 0.2) is 17.3 Å². The standard InChI is InChI=1S/C23H19F3N2O4/c1-14(29)18(22(30)23(24,25)26)11-16-13-28(17-7-5-4-6-8-17)27-21(16)15-9-10-19(31-2)20(12-15)32-3/h4-13H,1-3H3. The highest BCUT2D eigenvalue weighted by Crippen LogP contribution is 2.34. The van der Waals surface area contributed by atoms with Crippen LogP contribution in [0.15, 0.2) is 60.3 Å². The normalized spacial score (nSPS) is 11.9. The molecule has 0 aliphatic rings. The minimum absolute atomic E-state index is 0.156. The quantitative estimate of drug-likeness (QED) is 0.301. The average molecular weight is 444 g/mol. The molecule has 6 nitrogen and oxygen atoms in total. The number of ether oxygens (including phenoxy) is 2. The fourth-order valence-corrected chi connectivity index (χ4v) is 3.05. The highest BCUT2D eigenvalue weighted by Gasteiger charge is 2.42. The fraction of sp³-hybridized carbons (Fsp3) is 0.174. The van der Waals surface area contributed by atoms with Crippen LogP contribution < -0.4 is 9.47 Å². The molecule has 2 aromatic carbocycles. The number of hydrogen-bond donors (Lipinski definition) is 0. The van der Waals surface area contributed by atoms with Crippen LogP contribution in [0.2, 0.25) is 0 Å². The van der Waals surface area contributed by atoms with Crippen molar-refractivity contribution in [3.05, 3.63) is 65.9 Å². The Bertz CT molecular complexity index is 1180. The Morgan fingerprint density at radius 2 is 1.66 bits per heavy atom. The van der Waals surface area contributed by atoms with Crippen LogP contribution in [0.4, 0.5) is 13.2 Å². The predicted molar refractivity (Wildman–Crippen MR) is 112 cm³/mol. The number of ketones is 2. The Morgan fingerprint density at radius 3 is 2.22 bits per heavy atom. The molecule has 0 unspecified atom stereocenters. The Labute approximate surface area is 181 Å². The summed E-state index contributed by atoms with van der Waals surface area (Å²) in [6, 6.07) is 13.7. The number of hydrogen-bond acceptors (Lipinski definition) is 5. The second-order valence-corrected chi connectivity index (χ2v) is 6.72. The lowest BCUT2D eigenvalue weighted by molar-refractivity contribution is -0.166. The zero-order valence-electron chi connectivity index (χ0n) is 17.4. The van der Waals surface area contributed by atoms with Gasteiger partial charge in [-0.1, -0.05) is 18.2 Å². The van der Waals surface area contributed by atoms with Gasteiger partial charge in [-0.3, -0.25) is 9.59 Å².